The molecule has 3 heteroatoms. The molecule has 1 heterocycles. The molecule has 1 aliphatic carbocycles. The molecule has 0 aromatic carbocycles. The van der Waals surface area contributed by atoms with Crippen molar-refractivity contribution >= 4 is 17.0 Å². The van der Waals surface area contributed by atoms with Gasteiger partial charge in [0.2, 0.25) is 0 Å². The molecule has 0 aliphatic heterocycles. The molecule has 1 fully saturated rings. The van der Waals surface area contributed by atoms with Gasteiger partial charge in [-0.3, -0.25) is 0 Å². The van der Waals surface area contributed by atoms with Gasteiger partial charge in [0.25, 0.3) is 0 Å². The average molecular weight is 196 g/mol. The van der Waals surface area contributed by atoms with Crippen molar-refractivity contribution in [2.45, 2.75) is 32.4 Å². The van der Waals surface area contributed by atoms with Crippen LogP contribution in [0.2, 0.25) is 0 Å². The summed E-state index contributed by atoms with van der Waals surface area (Å²) in [6.07, 6.45) is 2.65. The number of nitrogen functional groups attached to an aromatic ring is 1. The molecule has 1 aliphatic rings. The molecule has 0 radical (unpaired) electrons. The monoisotopic (exact) mass is 196 g/mol. The molecule has 2 nitrogen and oxygen atoms in total. The summed E-state index contributed by atoms with van der Waals surface area (Å²) in [4.78, 5) is 1.28. The van der Waals surface area contributed by atoms with Crippen LogP contribution in [-0.4, -0.2) is 6.04 Å². The maximum Gasteiger partial charge on any atom is 0.0468 e. The molecule has 3 N–H and O–H groups in total. The van der Waals surface area contributed by atoms with E-state index in [1.54, 1.807) is 11.3 Å². The van der Waals surface area contributed by atoms with E-state index in [2.05, 4.69) is 17.6 Å². The van der Waals surface area contributed by atoms with Gasteiger partial charge < -0.3 is 11.1 Å². The first-order valence-corrected chi connectivity index (χ1v) is 5.74. The minimum absolute atomic E-state index is 0.756. The second-order valence-electron chi connectivity index (χ2n) is 3.69. The lowest BCUT2D eigenvalue weighted by atomic mass is 10.3. The Kier molecular flexibility index (Phi) is 2.56. The molecule has 0 amide bonds. The minimum atomic E-state index is 0.756. The molecular weight excluding hydrogens is 180 g/mol. The Morgan fingerprint density at radius 2 is 2.54 bits per heavy atom. The maximum absolute atomic E-state index is 5.78. The minimum Gasteiger partial charge on any atom is -0.398 e. The van der Waals surface area contributed by atoms with Gasteiger partial charge in [0, 0.05) is 23.2 Å². The van der Waals surface area contributed by atoms with Crippen LogP contribution < -0.4 is 11.1 Å². The fourth-order valence-corrected chi connectivity index (χ4v) is 2.42. The number of thiophene rings is 1. The summed E-state index contributed by atoms with van der Waals surface area (Å²) in [7, 11) is 0. The van der Waals surface area contributed by atoms with Crippen molar-refractivity contribution in [3.8, 4) is 0 Å². The predicted molar refractivity (Wildman–Crippen MR) is 57.8 cm³/mol. The predicted octanol–water partition coefficient (Wildman–Crippen LogP) is 2.22. The van der Waals surface area contributed by atoms with Crippen molar-refractivity contribution in [1.29, 1.82) is 0 Å². The van der Waals surface area contributed by atoms with Crippen molar-refractivity contribution in [3.63, 3.8) is 0 Å². The maximum atomic E-state index is 5.78. The van der Waals surface area contributed by atoms with Gasteiger partial charge >= 0.3 is 0 Å². The molecule has 1 saturated carbocycles. The summed E-state index contributed by atoms with van der Waals surface area (Å²) in [6.45, 7) is 3.20. The van der Waals surface area contributed by atoms with Crippen molar-refractivity contribution in [2.24, 2.45) is 5.92 Å². The van der Waals surface area contributed by atoms with Gasteiger partial charge in [-0.05, 0) is 23.8 Å². The van der Waals surface area contributed by atoms with E-state index in [0.717, 1.165) is 24.2 Å². The summed E-state index contributed by atoms with van der Waals surface area (Å²) in [5.74, 6) is 0.918. The summed E-state index contributed by atoms with van der Waals surface area (Å²) in [5.41, 5.74) is 6.72. The highest BCUT2D eigenvalue weighted by Gasteiger charge is 2.34. The lowest BCUT2D eigenvalue weighted by molar-refractivity contribution is 0.628. The van der Waals surface area contributed by atoms with Gasteiger partial charge in [0.1, 0.15) is 0 Å². The van der Waals surface area contributed by atoms with Crippen LogP contribution >= 0.6 is 11.3 Å². The van der Waals surface area contributed by atoms with Crippen LogP contribution in [0.15, 0.2) is 11.4 Å². The van der Waals surface area contributed by atoms with E-state index in [0.29, 0.717) is 0 Å². The van der Waals surface area contributed by atoms with Gasteiger partial charge in [-0.15, -0.1) is 11.3 Å². The third kappa shape index (κ3) is 2.03. The molecule has 0 saturated heterocycles. The summed E-state index contributed by atoms with van der Waals surface area (Å²) in [5, 5.41) is 5.58. The van der Waals surface area contributed by atoms with Gasteiger partial charge in [-0.25, -0.2) is 0 Å². The van der Waals surface area contributed by atoms with E-state index < -0.39 is 0 Å². The number of hydrogen-bond donors (Lipinski definition) is 2. The first-order valence-electron chi connectivity index (χ1n) is 4.86. The highest BCUT2D eigenvalue weighted by atomic mass is 32.1. The third-order valence-electron chi connectivity index (χ3n) is 2.75. The zero-order valence-electron chi connectivity index (χ0n) is 7.92. The summed E-state index contributed by atoms with van der Waals surface area (Å²) >= 11 is 1.74. The van der Waals surface area contributed by atoms with Crippen LogP contribution in [0.3, 0.4) is 0 Å². The lowest BCUT2D eigenvalue weighted by Gasteiger charge is -2.02. The number of hydrogen-bond acceptors (Lipinski definition) is 3. The van der Waals surface area contributed by atoms with Crippen LogP contribution in [0.4, 0.5) is 5.69 Å². The normalized spacial score (nSPS) is 26.2. The van der Waals surface area contributed by atoms with Gasteiger partial charge in [0.15, 0.2) is 0 Å². The Labute approximate surface area is 83.1 Å². The highest BCUT2D eigenvalue weighted by Crippen LogP contribution is 2.33. The van der Waals surface area contributed by atoms with Crippen molar-refractivity contribution in [2.75, 3.05) is 5.73 Å². The molecule has 2 unspecified atom stereocenters. The standard InChI is InChI=1S/C10H16N2S/c1-2-7-5-9(7)12-6-10-8(11)3-4-13-10/h3-4,7,9,12H,2,5-6,11H2,1H3. The smallest absolute Gasteiger partial charge is 0.0468 e. The van der Waals surface area contributed by atoms with Crippen LogP contribution in [0.1, 0.15) is 24.6 Å². The zero-order valence-corrected chi connectivity index (χ0v) is 8.73. The lowest BCUT2D eigenvalue weighted by Crippen LogP contribution is -2.17. The second kappa shape index (κ2) is 3.68. The number of nitrogens with one attached hydrogen (secondary N) is 1. The molecule has 72 valence electrons. The fourth-order valence-electron chi connectivity index (χ4n) is 1.67. The summed E-state index contributed by atoms with van der Waals surface area (Å²) < 4.78 is 0. The second-order valence-corrected chi connectivity index (χ2v) is 4.69. The van der Waals surface area contributed by atoms with Gasteiger partial charge in [-0.1, -0.05) is 13.3 Å². The highest BCUT2D eigenvalue weighted by molar-refractivity contribution is 7.10. The first kappa shape index (κ1) is 9.03. The molecular formula is C10H16N2S. The largest absolute Gasteiger partial charge is 0.398 e. The molecule has 2 atom stereocenters. The van der Waals surface area contributed by atoms with Crippen molar-refractivity contribution in [1.82, 2.24) is 5.32 Å². The van der Waals surface area contributed by atoms with Gasteiger partial charge in [-0.2, -0.15) is 0 Å². The molecule has 13 heavy (non-hydrogen) atoms. The Hall–Kier alpha value is -0.540. The van der Waals surface area contributed by atoms with Crippen molar-refractivity contribution in [3.05, 3.63) is 16.3 Å². The van der Waals surface area contributed by atoms with E-state index in [9.17, 15) is 0 Å². The van der Waals surface area contributed by atoms with Crippen LogP contribution in [-0.2, 0) is 6.54 Å². The van der Waals surface area contributed by atoms with E-state index in [-0.39, 0.29) is 0 Å². The molecule has 1 aromatic heterocycles. The molecule has 2 rings (SSSR count). The SMILES string of the molecule is CCC1CC1NCc1sccc1N. The zero-order chi connectivity index (χ0) is 9.26. The Balaban J connectivity index is 1.78. The topological polar surface area (TPSA) is 38.0 Å². The summed E-state index contributed by atoms with van der Waals surface area (Å²) in [6, 6.07) is 2.73. The van der Waals surface area contributed by atoms with E-state index in [1.165, 1.54) is 17.7 Å². The van der Waals surface area contributed by atoms with E-state index >= 15 is 0 Å². The fraction of sp³-hybridized carbons (Fsp3) is 0.600. The first-order chi connectivity index (χ1) is 6.31. The molecule has 0 spiro atoms. The molecule has 0 bridgehead atoms. The Morgan fingerprint density at radius 3 is 3.08 bits per heavy atom. The van der Waals surface area contributed by atoms with E-state index in [1.807, 2.05) is 6.07 Å². The number of anilines is 1. The quantitative estimate of drug-likeness (QED) is 0.775. The van der Waals surface area contributed by atoms with Crippen molar-refractivity contribution < 1.29 is 0 Å². The van der Waals surface area contributed by atoms with Crippen LogP contribution in [0.25, 0.3) is 0 Å². The van der Waals surface area contributed by atoms with Crippen LogP contribution in [0.5, 0.6) is 0 Å². The Morgan fingerprint density at radius 1 is 1.69 bits per heavy atom. The van der Waals surface area contributed by atoms with E-state index in [4.69, 9.17) is 5.73 Å². The Bertz CT molecular complexity index is 282. The van der Waals surface area contributed by atoms with Crippen LogP contribution in [0, 0.1) is 5.92 Å². The van der Waals surface area contributed by atoms with Gasteiger partial charge in [0.05, 0.1) is 0 Å². The number of nitrogens with two attached hydrogens (primary N) is 1. The number of rotatable bonds is 4. The third-order valence-corrected chi connectivity index (χ3v) is 3.69. The average Bonchev–Trinajstić information content (AvgIpc) is 2.79. The molecule has 1 aromatic rings.